The van der Waals surface area contributed by atoms with Crippen molar-refractivity contribution in [3.63, 3.8) is 0 Å². The summed E-state index contributed by atoms with van der Waals surface area (Å²) < 4.78 is 0. The van der Waals surface area contributed by atoms with Gasteiger partial charge in [0.25, 0.3) is 0 Å². The Labute approximate surface area is 180 Å². The minimum absolute atomic E-state index is 0.179. The molecule has 0 saturated heterocycles. The molecule has 0 rings (SSSR count). The topological polar surface area (TPSA) is 240 Å². The molecular formula is C18H34N6O7. The minimum atomic E-state index is -1.62. The van der Waals surface area contributed by atoms with E-state index in [1.54, 1.807) is 13.8 Å². The highest BCUT2D eigenvalue weighted by atomic mass is 16.4. The van der Waals surface area contributed by atoms with Gasteiger partial charge in [0, 0.05) is 0 Å². The van der Waals surface area contributed by atoms with Crippen molar-refractivity contribution in [3.8, 4) is 0 Å². The van der Waals surface area contributed by atoms with Crippen LogP contribution in [0.15, 0.2) is 0 Å². The first-order valence-electron chi connectivity index (χ1n) is 9.93. The maximum atomic E-state index is 12.7. The van der Waals surface area contributed by atoms with Gasteiger partial charge in [0.15, 0.2) is 0 Å². The zero-order valence-corrected chi connectivity index (χ0v) is 17.8. The number of carboxylic acid groups (broad SMARTS) is 1. The van der Waals surface area contributed by atoms with Crippen LogP contribution in [-0.2, 0) is 24.0 Å². The van der Waals surface area contributed by atoms with Gasteiger partial charge >= 0.3 is 5.97 Å². The first-order chi connectivity index (χ1) is 14.4. The van der Waals surface area contributed by atoms with E-state index in [0.29, 0.717) is 19.4 Å². The van der Waals surface area contributed by atoms with Crippen molar-refractivity contribution in [1.82, 2.24) is 16.0 Å². The van der Waals surface area contributed by atoms with Crippen LogP contribution in [0.1, 0.15) is 39.5 Å². The Bertz CT molecular complexity index is 643. The summed E-state index contributed by atoms with van der Waals surface area (Å²) in [6.45, 7) is 3.01. The first kappa shape index (κ1) is 28.2. The van der Waals surface area contributed by atoms with Crippen LogP contribution in [0, 0.1) is 5.92 Å². The van der Waals surface area contributed by atoms with E-state index < -0.39 is 66.8 Å². The van der Waals surface area contributed by atoms with Crippen LogP contribution < -0.4 is 33.2 Å². The molecule has 0 fully saturated rings. The van der Waals surface area contributed by atoms with Crippen LogP contribution in [0.3, 0.4) is 0 Å². The number of rotatable bonds is 15. The molecular weight excluding hydrogens is 412 g/mol. The van der Waals surface area contributed by atoms with Crippen LogP contribution in [0.25, 0.3) is 0 Å². The summed E-state index contributed by atoms with van der Waals surface area (Å²) in [5.74, 6) is -5.00. The van der Waals surface area contributed by atoms with Crippen molar-refractivity contribution in [2.24, 2.45) is 23.1 Å². The first-order valence-corrected chi connectivity index (χ1v) is 9.93. The molecule has 0 aliphatic rings. The smallest absolute Gasteiger partial charge is 0.326 e. The number of aliphatic hydroxyl groups is 1. The fraction of sp³-hybridized carbons (Fsp3) is 0.722. The number of nitrogens with one attached hydrogen (secondary N) is 3. The highest BCUT2D eigenvalue weighted by Gasteiger charge is 2.30. The second-order valence-electron chi connectivity index (χ2n) is 7.43. The maximum Gasteiger partial charge on any atom is 0.326 e. The van der Waals surface area contributed by atoms with E-state index in [1.165, 1.54) is 0 Å². The normalized spacial score (nSPS) is 14.8. The third-order valence-electron chi connectivity index (χ3n) is 4.44. The summed E-state index contributed by atoms with van der Waals surface area (Å²) in [6.07, 6.45) is 0.630. The third-order valence-corrected chi connectivity index (χ3v) is 4.44. The van der Waals surface area contributed by atoms with Crippen molar-refractivity contribution >= 4 is 29.6 Å². The molecule has 0 bridgehead atoms. The van der Waals surface area contributed by atoms with Gasteiger partial charge in [-0.3, -0.25) is 19.2 Å². The zero-order valence-electron chi connectivity index (χ0n) is 17.8. The lowest BCUT2D eigenvalue weighted by Crippen LogP contribution is -2.58. The molecule has 0 aliphatic carbocycles. The van der Waals surface area contributed by atoms with Gasteiger partial charge in [-0.05, 0) is 31.7 Å². The summed E-state index contributed by atoms with van der Waals surface area (Å²) >= 11 is 0. The molecule has 178 valence electrons. The number of unbranched alkanes of at least 4 members (excludes halogenated alkanes) is 1. The lowest BCUT2D eigenvalue weighted by atomic mass is 10.0. The van der Waals surface area contributed by atoms with E-state index in [1.807, 2.05) is 5.32 Å². The number of nitrogens with two attached hydrogens (primary N) is 3. The molecule has 0 aromatic heterocycles. The molecule has 0 heterocycles. The van der Waals surface area contributed by atoms with E-state index in [2.05, 4.69) is 10.6 Å². The monoisotopic (exact) mass is 446 g/mol. The second kappa shape index (κ2) is 14.3. The van der Waals surface area contributed by atoms with Crippen molar-refractivity contribution in [2.45, 2.75) is 63.7 Å². The Kier molecular flexibility index (Phi) is 13.0. The van der Waals surface area contributed by atoms with Gasteiger partial charge in [-0.1, -0.05) is 13.8 Å². The molecule has 0 spiro atoms. The van der Waals surface area contributed by atoms with Crippen LogP contribution >= 0.6 is 0 Å². The van der Waals surface area contributed by atoms with E-state index >= 15 is 0 Å². The zero-order chi connectivity index (χ0) is 24.1. The standard InChI is InChI=1S/C18H34N6O7/c1-9(2)14(21)17(29)22-10(5-3-4-6-19)15(27)24-12(8-25)16(28)23-11(18(30)31)7-13(20)26/h9-12,14,25H,3-8,19,21H2,1-2H3,(H2,20,26)(H,22,29)(H,23,28)(H,24,27)(H,30,31). The van der Waals surface area contributed by atoms with E-state index in [-0.39, 0.29) is 12.3 Å². The third kappa shape index (κ3) is 10.7. The molecule has 4 atom stereocenters. The molecule has 11 N–H and O–H groups in total. The van der Waals surface area contributed by atoms with Crippen LogP contribution in [0.5, 0.6) is 0 Å². The molecule has 0 aliphatic heterocycles. The van der Waals surface area contributed by atoms with Crippen molar-refractivity contribution < 1.29 is 34.2 Å². The summed E-state index contributed by atoms with van der Waals surface area (Å²) in [5.41, 5.74) is 16.2. The summed E-state index contributed by atoms with van der Waals surface area (Å²) in [7, 11) is 0. The molecule has 0 aromatic rings. The largest absolute Gasteiger partial charge is 0.480 e. The van der Waals surface area contributed by atoms with Gasteiger partial charge in [0.1, 0.15) is 18.1 Å². The Morgan fingerprint density at radius 1 is 0.871 bits per heavy atom. The Balaban J connectivity index is 5.25. The highest BCUT2D eigenvalue weighted by Crippen LogP contribution is 2.05. The number of aliphatic carboxylic acids is 1. The highest BCUT2D eigenvalue weighted by molar-refractivity contribution is 5.94. The van der Waals surface area contributed by atoms with Crippen molar-refractivity contribution in [1.29, 1.82) is 0 Å². The SMILES string of the molecule is CC(C)C(N)C(=O)NC(CCCCN)C(=O)NC(CO)C(=O)NC(CC(N)=O)C(=O)O. The average Bonchev–Trinajstić information content (AvgIpc) is 2.69. The number of carbonyl (C=O) groups excluding carboxylic acids is 4. The Morgan fingerprint density at radius 3 is 1.84 bits per heavy atom. The van der Waals surface area contributed by atoms with Gasteiger partial charge in [-0.25, -0.2) is 4.79 Å². The molecule has 0 radical (unpaired) electrons. The van der Waals surface area contributed by atoms with E-state index in [9.17, 15) is 29.1 Å². The van der Waals surface area contributed by atoms with Gasteiger partial charge in [-0.2, -0.15) is 0 Å². The predicted octanol–water partition coefficient (Wildman–Crippen LogP) is -3.49. The van der Waals surface area contributed by atoms with E-state index in [4.69, 9.17) is 22.3 Å². The van der Waals surface area contributed by atoms with Crippen molar-refractivity contribution in [2.75, 3.05) is 13.2 Å². The van der Waals surface area contributed by atoms with Gasteiger partial charge in [-0.15, -0.1) is 0 Å². The van der Waals surface area contributed by atoms with E-state index in [0.717, 1.165) is 0 Å². The number of aliphatic hydroxyl groups excluding tert-OH is 1. The number of primary amides is 1. The van der Waals surface area contributed by atoms with Crippen LogP contribution in [0.2, 0.25) is 0 Å². The summed E-state index contributed by atoms with van der Waals surface area (Å²) in [5, 5.41) is 25.4. The maximum absolute atomic E-state index is 12.7. The van der Waals surface area contributed by atoms with Gasteiger partial charge in [0.05, 0.1) is 19.1 Å². The number of amides is 4. The second-order valence-corrected chi connectivity index (χ2v) is 7.43. The predicted molar refractivity (Wildman–Crippen MR) is 110 cm³/mol. The Morgan fingerprint density at radius 2 is 1.39 bits per heavy atom. The average molecular weight is 447 g/mol. The summed E-state index contributed by atoms with van der Waals surface area (Å²) in [6, 6.07) is -5.05. The van der Waals surface area contributed by atoms with Crippen LogP contribution in [0.4, 0.5) is 0 Å². The molecule has 13 nitrogen and oxygen atoms in total. The number of carbonyl (C=O) groups is 5. The molecule has 0 aromatic carbocycles. The van der Waals surface area contributed by atoms with Gasteiger partial charge in [0.2, 0.25) is 23.6 Å². The lowest BCUT2D eigenvalue weighted by molar-refractivity contribution is -0.144. The molecule has 4 unspecified atom stereocenters. The summed E-state index contributed by atoms with van der Waals surface area (Å²) in [4.78, 5) is 59.3. The number of carboxylic acids is 1. The lowest BCUT2D eigenvalue weighted by Gasteiger charge is -2.25. The van der Waals surface area contributed by atoms with Crippen molar-refractivity contribution in [3.05, 3.63) is 0 Å². The quantitative estimate of drug-likeness (QED) is 0.116. The molecule has 13 heteroatoms. The molecule has 31 heavy (non-hydrogen) atoms. The molecule has 0 saturated carbocycles. The minimum Gasteiger partial charge on any atom is -0.480 e. The molecule has 4 amide bonds. The number of hydrogen-bond donors (Lipinski definition) is 8. The fourth-order valence-electron chi connectivity index (χ4n) is 2.47. The number of hydrogen-bond acceptors (Lipinski definition) is 8. The Hall–Kier alpha value is -2.77. The fourth-order valence-corrected chi connectivity index (χ4v) is 2.47. The van der Waals surface area contributed by atoms with Gasteiger partial charge < -0.3 is 43.4 Å². The van der Waals surface area contributed by atoms with Crippen LogP contribution in [-0.4, -0.2) is 77.1 Å².